The van der Waals surface area contributed by atoms with Crippen molar-refractivity contribution in [3.8, 4) is 11.5 Å². The van der Waals surface area contributed by atoms with E-state index in [0.717, 1.165) is 29.5 Å². The summed E-state index contributed by atoms with van der Waals surface area (Å²) in [5, 5.41) is 11.6. The van der Waals surface area contributed by atoms with Crippen LogP contribution in [0.25, 0.3) is 5.57 Å². The van der Waals surface area contributed by atoms with E-state index in [2.05, 4.69) is 10.3 Å². The second-order valence-corrected chi connectivity index (χ2v) is 7.15. The van der Waals surface area contributed by atoms with E-state index < -0.39 is 12.1 Å². The van der Waals surface area contributed by atoms with Crippen molar-refractivity contribution in [3.63, 3.8) is 0 Å². The Hall–Kier alpha value is -3.55. The first-order valence-electron chi connectivity index (χ1n) is 10.2. The lowest BCUT2D eigenvalue weighted by molar-refractivity contribution is -0.130. The van der Waals surface area contributed by atoms with Crippen LogP contribution in [0.4, 0.5) is 4.79 Å². The fourth-order valence-electron chi connectivity index (χ4n) is 3.60. The molecule has 8 nitrogen and oxygen atoms in total. The number of rotatable bonds is 8. The number of methoxy groups -OCH3 is 1. The minimum atomic E-state index is -1.23. The zero-order valence-corrected chi connectivity index (χ0v) is 17.7. The molecule has 164 valence electrons. The van der Waals surface area contributed by atoms with Gasteiger partial charge in [-0.2, -0.15) is 0 Å². The van der Waals surface area contributed by atoms with Crippen LogP contribution in [0.3, 0.4) is 0 Å². The maximum absolute atomic E-state index is 13.2. The molecule has 1 atom stereocenters. The number of pyridine rings is 1. The summed E-state index contributed by atoms with van der Waals surface area (Å²) in [5.74, 6) is 1.02. The molecule has 1 aliphatic rings. The minimum absolute atomic E-state index is 0.254. The summed E-state index contributed by atoms with van der Waals surface area (Å²) in [7, 11) is 1.59. The van der Waals surface area contributed by atoms with E-state index in [1.54, 1.807) is 36.5 Å². The van der Waals surface area contributed by atoms with Gasteiger partial charge in [0.15, 0.2) is 11.5 Å². The fourth-order valence-corrected chi connectivity index (χ4v) is 3.60. The molecule has 1 aromatic carbocycles. The Morgan fingerprint density at radius 1 is 1.23 bits per heavy atom. The third kappa shape index (κ3) is 5.75. The molecule has 0 fully saturated rings. The van der Waals surface area contributed by atoms with E-state index in [1.807, 2.05) is 31.3 Å². The van der Waals surface area contributed by atoms with Crippen molar-refractivity contribution in [2.24, 2.45) is 0 Å². The highest BCUT2D eigenvalue weighted by atomic mass is 16.5. The Kier molecular flexibility index (Phi) is 7.48. The number of benzene rings is 1. The smallest absolute Gasteiger partial charge is 0.405 e. The first-order valence-corrected chi connectivity index (χ1v) is 10.2. The number of carbonyl (C=O) groups is 2. The molecule has 31 heavy (non-hydrogen) atoms. The number of ether oxygens (including phenoxy) is 2. The third-order valence-corrected chi connectivity index (χ3v) is 5.06. The monoisotopic (exact) mass is 425 g/mol. The van der Waals surface area contributed by atoms with Crippen LogP contribution in [-0.2, 0) is 11.2 Å². The Morgan fingerprint density at radius 3 is 2.68 bits per heavy atom. The van der Waals surface area contributed by atoms with Crippen molar-refractivity contribution in [3.05, 3.63) is 60.1 Å². The SMILES string of the molecule is CCOc1cc(C2=CN(C(=O)[C@@H](Cc3ccncc3)NC(=O)O)CCC2)ccc1OC. The van der Waals surface area contributed by atoms with Gasteiger partial charge in [-0.05, 0) is 60.7 Å². The minimum Gasteiger partial charge on any atom is -0.493 e. The molecule has 1 aliphatic heterocycles. The Morgan fingerprint density at radius 2 is 2.00 bits per heavy atom. The van der Waals surface area contributed by atoms with Crippen molar-refractivity contribution in [1.82, 2.24) is 15.2 Å². The highest BCUT2D eigenvalue weighted by molar-refractivity contribution is 5.88. The van der Waals surface area contributed by atoms with Gasteiger partial charge in [0, 0.05) is 31.6 Å². The molecule has 8 heteroatoms. The predicted molar refractivity (Wildman–Crippen MR) is 116 cm³/mol. The van der Waals surface area contributed by atoms with Crippen molar-refractivity contribution >= 4 is 17.6 Å². The highest BCUT2D eigenvalue weighted by Crippen LogP contribution is 2.33. The van der Waals surface area contributed by atoms with E-state index in [0.29, 0.717) is 24.7 Å². The first kappa shape index (κ1) is 22.1. The van der Waals surface area contributed by atoms with Crippen LogP contribution < -0.4 is 14.8 Å². The second-order valence-electron chi connectivity index (χ2n) is 7.15. The number of hydrogen-bond donors (Lipinski definition) is 2. The number of nitrogens with one attached hydrogen (secondary N) is 1. The molecule has 0 saturated heterocycles. The van der Waals surface area contributed by atoms with Crippen molar-refractivity contribution in [1.29, 1.82) is 0 Å². The molecular formula is C23H27N3O5. The number of amides is 2. The Balaban J connectivity index is 1.84. The van der Waals surface area contributed by atoms with Crippen molar-refractivity contribution in [2.75, 3.05) is 20.3 Å². The standard InChI is InChI=1S/C23H27N3O5/c1-3-31-21-14-17(6-7-20(21)30-2)18-5-4-12-26(15-18)22(27)19(25-23(28)29)13-16-8-10-24-11-9-16/h6-11,14-15,19,25H,3-5,12-13H2,1-2H3,(H,28,29)/t19-/m1/s1. The second kappa shape index (κ2) is 10.5. The molecule has 0 bridgehead atoms. The van der Waals surface area contributed by atoms with E-state index in [4.69, 9.17) is 9.47 Å². The van der Waals surface area contributed by atoms with Crippen LogP contribution in [0, 0.1) is 0 Å². The van der Waals surface area contributed by atoms with Crippen LogP contribution in [0.15, 0.2) is 48.9 Å². The van der Waals surface area contributed by atoms with Gasteiger partial charge in [0.2, 0.25) is 5.91 Å². The molecule has 0 aliphatic carbocycles. The van der Waals surface area contributed by atoms with Gasteiger partial charge in [-0.25, -0.2) is 4.79 Å². The quantitative estimate of drug-likeness (QED) is 0.673. The number of aromatic nitrogens is 1. The van der Waals surface area contributed by atoms with Gasteiger partial charge >= 0.3 is 6.09 Å². The lowest BCUT2D eigenvalue weighted by Gasteiger charge is -2.29. The molecule has 2 N–H and O–H groups in total. The van der Waals surface area contributed by atoms with Crippen LogP contribution in [0.1, 0.15) is 30.9 Å². The summed E-state index contributed by atoms with van der Waals surface area (Å²) >= 11 is 0. The number of carbonyl (C=O) groups excluding carboxylic acids is 1. The molecule has 0 spiro atoms. The van der Waals surface area contributed by atoms with Gasteiger partial charge in [-0.3, -0.25) is 9.78 Å². The van der Waals surface area contributed by atoms with Gasteiger partial charge in [0.25, 0.3) is 0 Å². The van der Waals surface area contributed by atoms with Crippen LogP contribution in [0.2, 0.25) is 0 Å². The summed E-state index contributed by atoms with van der Waals surface area (Å²) in [5.41, 5.74) is 2.76. The zero-order valence-electron chi connectivity index (χ0n) is 17.7. The van der Waals surface area contributed by atoms with Gasteiger partial charge in [0.05, 0.1) is 13.7 Å². The molecule has 1 aromatic heterocycles. The fraction of sp³-hybridized carbons (Fsp3) is 0.348. The molecule has 2 amide bonds. The molecule has 3 rings (SSSR count). The summed E-state index contributed by atoms with van der Waals surface area (Å²) in [6.07, 6.45) is 5.67. The van der Waals surface area contributed by atoms with Crippen LogP contribution in [0.5, 0.6) is 11.5 Å². The average Bonchev–Trinajstić information content (AvgIpc) is 2.79. The number of hydrogen-bond acceptors (Lipinski definition) is 5. The first-order chi connectivity index (χ1) is 15.0. The Labute approximate surface area is 181 Å². The maximum Gasteiger partial charge on any atom is 0.405 e. The summed E-state index contributed by atoms with van der Waals surface area (Å²) in [4.78, 5) is 30.0. The number of nitrogens with zero attached hydrogens (tertiary/aromatic N) is 2. The van der Waals surface area contributed by atoms with Gasteiger partial charge in [-0.1, -0.05) is 6.07 Å². The molecule has 2 aromatic rings. The lowest BCUT2D eigenvalue weighted by Crippen LogP contribution is -2.48. The predicted octanol–water partition coefficient (Wildman–Crippen LogP) is 3.33. The third-order valence-electron chi connectivity index (χ3n) is 5.06. The van der Waals surface area contributed by atoms with E-state index in [1.165, 1.54) is 0 Å². The highest BCUT2D eigenvalue weighted by Gasteiger charge is 2.27. The van der Waals surface area contributed by atoms with Crippen LogP contribution in [-0.4, -0.2) is 53.3 Å². The molecule has 0 saturated carbocycles. The molecule has 0 radical (unpaired) electrons. The van der Waals surface area contributed by atoms with E-state index in [-0.39, 0.29) is 12.3 Å². The van der Waals surface area contributed by atoms with E-state index >= 15 is 0 Å². The summed E-state index contributed by atoms with van der Waals surface area (Å²) in [6, 6.07) is 8.35. The van der Waals surface area contributed by atoms with Crippen molar-refractivity contribution in [2.45, 2.75) is 32.2 Å². The van der Waals surface area contributed by atoms with Crippen LogP contribution >= 0.6 is 0 Å². The summed E-state index contributed by atoms with van der Waals surface area (Å²) in [6.45, 7) is 2.96. The van der Waals surface area contributed by atoms with Gasteiger partial charge in [0.1, 0.15) is 6.04 Å². The molecular weight excluding hydrogens is 398 g/mol. The number of allylic oxidation sites excluding steroid dienone is 1. The maximum atomic E-state index is 13.2. The Bertz CT molecular complexity index is 945. The molecule has 2 heterocycles. The van der Waals surface area contributed by atoms with E-state index in [9.17, 15) is 14.7 Å². The topological polar surface area (TPSA) is 101 Å². The summed E-state index contributed by atoms with van der Waals surface area (Å²) < 4.78 is 11.0. The molecule has 0 unspecified atom stereocenters. The normalized spacial score (nSPS) is 14.4. The van der Waals surface area contributed by atoms with Gasteiger partial charge in [-0.15, -0.1) is 0 Å². The lowest BCUT2D eigenvalue weighted by atomic mass is 9.98. The average molecular weight is 425 g/mol. The van der Waals surface area contributed by atoms with Gasteiger partial charge < -0.3 is 24.8 Å². The largest absolute Gasteiger partial charge is 0.493 e. The zero-order chi connectivity index (χ0) is 22.2. The van der Waals surface area contributed by atoms with Crippen molar-refractivity contribution < 1.29 is 24.2 Å². The number of carboxylic acid groups (broad SMARTS) is 1.